The SMILES string of the molecule is C=C(c1ccc(OC)cc1)c1ncccc1[N+](=O)[O-]. The van der Waals surface area contributed by atoms with E-state index in [0.29, 0.717) is 11.3 Å². The van der Waals surface area contributed by atoms with E-state index in [1.165, 1.54) is 18.3 Å². The van der Waals surface area contributed by atoms with E-state index in [0.717, 1.165) is 5.56 Å². The Morgan fingerprint density at radius 3 is 2.58 bits per heavy atom. The number of ether oxygens (including phenoxy) is 1. The summed E-state index contributed by atoms with van der Waals surface area (Å²) in [5, 5.41) is 11.0. The summed E-state index contributed by atoms with van der Waals surface area (Å²) in [4.78, 5) is 14.5. The summed E-state index contributed by atoms with van der Waals surface area (Å²) in [7, 11) is 1.58. The normalized spacial score (nSPS) is 9.95. The second kappa shape index (κ2) is 5.30. The van der Waals surface area contributed by atoms with E-state index in [4.69, 9.17) is 4.74 Å². The Bertz CT molecular complexity index is 621. The fourth-order valence-corrected chi connectivity index (χ4v) is 1.71. The summed E-state index contributed by atoms with van der Waals surface area (Å²) in [5.41, 5.74) is 1.50. The van der Waals surface area contributed by atoms with Crippen LogP contribution in [0.1, 0.15) is 11.3 Å². The van der Waals surface area contributed by atoms with E-state index in [1.54, 1.807) is 31.4 Å². The first-order chi connectivity index (χ1) is 9.13. The van der Waals surface area contributed by atoms with Crippen molar-refractivity contribution in [3.8, 4) is 5.75 Å². The highest BCUT2D eigenvalue weighted by Crippen LogP contribution is 2.28. The summed E-state index contributed by atoms with van der Waals surface area (Å²) in [6.45, 7) is 3.89. The largest absolute Gasteiger partial charge is 0.497 e. The van der Waals surface area contributed by atoms with Crippen molar-refractivity contribution in [2.75, 3.05) is 7.11 Å². The third-order valence-electron chi connectivity index (χ3n) is 2.71. The zero-order chi connectivity index (χ0) is 13.8. The van der Waals surface area contributed by atoms with Crippen molar-refractivity contribution in [2.24, 2.45) is 0 Å². The van der Waals surface area contributed by atoms with Gasteiger partial charge in [0.15, 0.2) is 0 Å². The van der Waals surface area contributed by atoms with Crippen LogP contribution in [-0.2, 0) is 0 Å². The molecule has 0 fully saturated rings. The highest BCUT2D eigenvalue weighted by molar-refractivity contribution is 5.80. The summed E-state index contributed by atoms with van der Waals surface area (Å²) in [5.74, 6) is 0.715. The molecule has 0 N–H and O–H groups in total. The molecule has 96 valence electrons. The molecule has 0 radical (unpaired) electrons. The van der Waals surface area contributed by atoms with Crippen LogP contribution in [0.25, 0.3) is 5.57 Å². The minimum atomic E-state index is -0.461. The molecule has 0 saturated carbocycles. The molecule has 2 rings (SSSR count). The average molecular weight is 256 g/mol. The number of pyridine rings is 1. The summed E-state index contributed by atoms with van der Waals surface area (Å²) >= 11 is 0. The van der Waals surface area contributed by atoms with Crippen LogP contribution in [0, 0.1) is 10.1 Å². The van der Waals surface area contributed by atoms with Crippen LogP contribution in [0.4, 0.5) is 5.69 Å². The molecule has 5 heteroatoms. The molecule has 1 aromatic heterocycles. The molecule has 0 atom stereocenters. The van der Waals surface area contributed by atoms with Gasteiger partial charge in [-0.1, -0.05) is 18.7 Å². The van der Waals surface area contributed by atoms with Gasteiger partial charge in [0, 0.05) is 17.8 Å². The maximum absolute atomic E-state index is 11.0. The van der Waals surface area contributed by atoms with E-state index >= 15 is 0 Å². The molecular formula is C14H12N2O3. The zero-order valence-electron chi connectivity index (χ0n) is 10.4. The second-order valence-corrected chi connectivity index (χ2v) is 3.84. The standard InChI is InChI=1S/C14H12N2O3/c1-10(11-5-7-12(19-2)8-6-11)14-13(16(17)18)4-3-9-15-14/h3-9H,1H2,2H3. The van der Waals surface area contributed by atoms with Gasteiger partial charge in [0.25, 0.3) is 5.69 Å². The van der Waals surface area contributed by atoms with Crippen LogP contribution in [0.2, 0.25) is 0 Å². The lowest BCUT2D eigenvalue weighted by Crippen LogP contribution is -1.98. The van der Waals surface area contributed by atoms with Crippen molar-refractivity contribution in [2.45, 2.75) is 0 Å². The van der Waals surface area contributed by atoms with Crippen LogP contribution in [0.5, 0.6) is 5.75 Å². The van der Waals surface area contributed by atoms with Gasteiger partial charge in [0.2, 0.25) is 0 Å². The Morgan fingerprint density at radius 2 is 2.00 bits per heavy atom. The molecular weight excluding hydrogens is 244 g/mol. The van der Waals surface area contributed by atoms with Crippen LogP contribution >= 0.6 is 0 Å². The smallest absolute Gasteiger partial charge is 0.295 e. The van der Waals surface area contributed by atoms with Crippen molar-refractivity contribution in [1.82, 2.24) is 4.98 Å². The van der Waals surface area contributed by atoms with E-state index in [9.17, 15) is 10.1 Å². The molecule has 0 aliphatic rings. The van der Waals surface area contributed by atoms with Gasteiger partial charge in [-0.05, 0) is 23.8 Å². The van der Waals surface area contributed by atoms with Crippen molar-refractivity contribution in [1.29, 1.82) is 0 Å². The predicted octanol–water partition coefficient (Wildman–Crippen LogP) is 3.06. The fraction of sp³-hybridized carbons (Fsp3) is 0.0714. The molecule has 0 amide bonds. The van der Waals surface area contributed by atoms with Crippen LogP contribution < -0.4 is 4.74 Å². The van der Waals surface area contributed by atoms with E-state index < -0.39 is 4.92 Å². The number of hydrogen-bond donors (Lipinski definition) is 0. The molecule has 0 saturated heterocycles. The Kier molecular flexibility index (Phi) is 3.56. The molecule has 2 aromatic rings. The number of methoxy groups -OCH3 is 1. The van der Waals surface area contributed by atoms with Gasteiger partial charge in [0.1, 0.15) is 11.4 Å². The number of hydrogen-bond acceptors (Lipinski definition) is 4. The molecule has 0 spiro atoms. The Hall–Kier alpha value is -2.69. The first kappa shape index (κ1) is 12.8. The zero-order valence-corrected chi connectivity index (χ0v) is 10.4. The third-order valence-corrected chi connectivity index (χ3v) is 2.71. The van der Waals surface area contributed by atoms with Gasteiger partial charge in [-0.3, -0.25) is 10.1 Å². The van der Waals surface area contributed by atoms with E-state index in [-0.39, 0.29) is 11.4 Å². The predicted molar refractivity (Wildman–Crippen MR) is 72.0 cm³/mol. The fourth-order valence-electron chi connectivity index (χ4n) is 1.71. The molecule has 0 aliphatic carbocycles. The molecule has 0 bridgehead atoms. The lowest BCUT2D eigenvalue weighted by Gasteiger charge is -2.07. The van der Waals surface area contributed by atoms with Crippen LogP contribution in [0.15, 0.2) is 49.2 Å². The average Bonchev–Trinajstić information content (AvgIpc) is 2.46. The number of aromatic nitrogens is 1. The Morgan fingerprint density at radius 1 is 1.32 bits per heavy atom. The number of nitrogens with zero attached hydrogens (tertiary/aromatic N) is 2. The summed E-state index contributed by atoms with van der Waals surface area (Å²) in [6.07, 6.45) is 1.51. The molecule has 1 heterocycles. The first-order valence-electron chi connectivity index (χ1n) is 5.56. The monoisotopic (exact) mass is 256 g/mol. The van der Waals surface area contributed by atoms with Crippen molar-refractivity contribution < 1.29 is 9.66 Å². The highest BCUT2D eigenvalue weighted by Gasteiger charge is 2.17. The lowest BCUT2D eigenvalue weighted by atomic mass is 10.0. The molecule has 0 aliphatic heterocycles. The molecule has 0 unspecified atom stereocenters. The highest BCUT2D eigenvalue weighted by atomic mass is 16.6. The van der Waals surface area contributed by atoms with E-state index in [1.807, 2.05) is 0 Å². The van der Waals surface area contributed by atoms with Crippen molar-refractivity contribution in [3.05, 3.63) is 70.5 Å². The van der Waals surface area contributed by atoms with Gasteiger partial charge in [-0.25, -0.2) is 4.98 Å². The maximum Gasteiger partial charge on any atom is 0.295 e. The Balaban J connectivity index is 2.41. The van der Waals surface area contributed by atoms with Crippen LogP contribution in [-0.4, -0.2) is 17.0 Å². The number of rotatable bonds is 4. The molecule has 1 aromatic carbocycles. The summed E-state index contributed by atoms with van der Waals surface area (Å²) in [6, 6.07) is 10.1. The van der Waals surface area contributed by atoms with Crippen molar-refractivity contribution in [3.63, 3.8) is 0 Å². The van der Waals surface area contributed by atoms with Gasteiger partial charge in [0.05, 0.1) is 12.0 Å². The number of nitro groups is 1. The quantitative estimate of drug-likeness (QED) is 0.623. The van der Waals surface area contributed by atoms with Crippen molar-refractivity contribution >= 4 is 11.3 Å². The van der Waals surface area contributed by atoms with Gasteiger partial charge in [-0.2, -0.15) is 0 Å². The maximum atomic E-state index is 11.0. The molecule has 5 nitrogen and oxygen atoms in total. The minimum Gasteiger partial charge on any atom is -0.497 e. The lowest BCUT2D eigenvalue weighted by molar-refractivity contribution is -0.385. The van der Waals surface area contributed by atoms with Gasteiger partial charge < -0.3 is 4.74 Å². The van der Waals surface area contributed by atoms with Gasteiger partial charge >= 0.3 is 0 Å². The van der Waals surface area contributed by atoms with Gasteiger partial charge in [-0.15, -0.1) is 0 Å². The van der Waals surface area contributed by atoms with E-state index in [2.05, 4.69) is 11.6 Å². The second-order valence-electron chi connectivity index (χ2n) is 3.84. The molecule has 19 heavy (non-hydrogen) atoms. The Labute approximate surface area is 110 Å². The van der Waals surface area contributed by atoms with Crippen LogP contribution in [0.3, 0.4) is 0 Å². The third kappa shape index (κ3) is 2.60. The summed E-state index contributed by atoms with van der Waals surface area (Å²) < 4.78 is 5.06. The first-order valence-corrected chi connectivity index (χ1v) is 5.56. The number of benzene rings is 1. The minimum absolute atomic E-state index is 0.0525. The topological polar surface area (TPSA) is 65.3 Å².